The normalized spacial score (nSPS) is 33.3. The van der Waals surface area contributed by atoms with Gasteiger partial charge in [-0.15, -0.1) is 0 Å². The molecule has 1 unspecified atom stereocenters. The number of aliphatic hydroxyl groups excluding tert-OH is 2. The fraction of sp³-hybridized carbons (Fsp3) is 0.539. The Morgan fingerprint density at radius 1 is 0.400 bits per heavy atom. The molecule has 6 rings (SSSR count). The average molecular weight is 1680 g/mol. The van der Waals surface area contributed by atoms with Crippen molar-refractivity contribution < 1.29 is 120 Å². The second-order valence-corrected chi connectivity index (χ2v) is 31.2. The number of nitrogens with two attached hydrogens (primary N) is 3. The largest absolute Gasteiger partial charge is 0.493 e. The van der Waals surface area contributed by atoms with E-state index in [9.17, 15) is 63.0 Å². The Morgan fingerprint density at radius 2 is 0.742 bits per heavy atom. The predicted octanol–water partition coefficient (Wildman–Crippen LogP) is 9.57. The van der Waals surface area contributed by atoms with Gasteiger partial charge in [0, 0.05) is 124 Å². The van der Waals surface area contributed by atoms with Gasteiger partial charge in [-0.05, 0) is 115 Å². The van der Waals surface area contributed by atoms with E-state index in [2.05, 4.69) is 16.0 Å². The summed E-state index contributed by atoms with van der Waals surface area (Å²) < 4.78 is 66.7. The van der Waals surface area contributed by atoms with Gasteiger partial charge in [-0.2, -0.15) is 0 Å². The maximum absolute atomic E-state index is 13.4. The summed E-state index contributed by atoms with van der Waals surface area (Å²) in [4.78, 5) is 139. The number of allylic oxidation sites excluding steroid dienone is 11. The number of hydrogen-bond donors (Lipinski definition) is 8. The van der Waals surface area contributed by atoms with Crippen LogP contribution in [-0.2, 0) is 95.2 Å². The van der Waals surface area contributed by atoms with Crippen molar-refractivity contribution in [3.05, 3.63) is 176 Å². The average Bonchev–Trinajstić information content (AvgIpc) is 0.892. The van der Waals surface area contributed by atoms with Gasteiger partial charge in [0.2, 0.25) is 28.9 Å². The van der Waals surface area contributed by atoms with Crippen LogP contribution in [0.4, 0.5) is 14.4 Å². The minimum atomic E-state index is -1.22. The lowest BCUT2D eigenvalue weighted by Gasteiger charge is -2.32. The molecule has 31 nitrogen and oxygen atoms in total. The number of hydrogen-bond acceptors (Lipinski definition) is 25. The van der Waals surface area contributed by atoms with E-state index < -0.39 is 114 Å². The maximum atomic E-state index is 13.4. The molecule has 6 amide bonds. The highest BCUT2D eigenvalue weighted by Crippen LogP contribution is 2.36. The maximum Gasteiger partial charge on any atom is 0.405 e. The van der Waals surface area contributed by atoms with Crippen LogP contribution in [0.5, 0.6) is 0 Å². The number of carbonyl (C=O) groups is 11. The molecule has 0 radical (unpaired) electrons. The summed E-state index contributed by atoms with van der Waals surface area (Å²) in [5, 5.41) is 30.1. The molecular formula is C89H126N6O25. The molecule has 3 heterocycles. The van der Waals surface area contributed by atoms with Crippen LogP contribution in [0.15, 0.2) is 176 Å². The molecule has 0 spiro atoms. The first-order valence-electron chi connectivity index (χ1n) is 39.7. The summed E-state index contributed by atoms with van der Waals surface area (Å²) in [5.74, 6) is -5.77. The van der Waals surface area contributed by atoms with Crippen LogP contribution >= 0.6 is 0 Å². The lowest BCUT2D eigenvalue weighted by molar-refractivity contribution is -0.121. The highest BCUT2D eigenvalue weighted by molar-refractivity contribution is 6.24. The van der Waals surface area contributed by atoms with Gasteiger partial charge in [0.05, 0.1) is 75.0 Å². The van der Waals surface area contributed by atoms with E-state index in [0.717, 1.165) is 23.3 Å². The Kier molecular flexibility index (Phi) is 41.6. The van der Waals surface area contributed by atoms with E-state index >= 15 is 0 Å². The first-order valence-corrected chi connectivity index (χ1v) is 39.7. The number of primary amides is 3. The van der Waals surface area contributed by atoms with E-state index in [1.54, 1.807) is 111 Å². The van der Waals surface area contributed by atoms with Crippen molar-refractivity contribution in [2.24, 2.45) is 64.5 Å². The Bertz CT molecular complexity index is 4230. The minimum absolute atomic E-state index is 0.0328. The van der Waals surface area contributed by atoms with Crippen molar-refractivity contribution >= 4 is 64.9 Å². The van der Waals surface area contributed by atoms with E-state index in [-0.39, 0.29) is 130 Å². The minimum Gasteiger partial charge on any atom is -0.493 e. The first kappa shape index (κ1) is 102. The van der Waals surface area contributed by atoms with Crippen LogP contribution in [0.25, 0.3) is 0 Å². The summed E-state index contributed by atoms with van der Waals surface area (Å²) in [6.45, 7) is 25.5. The van der Waals surface area contributed by atoms with E-state index in [0.29, 0.717) is 48.0 Å². The number of nitrogens with one attached hydrogen (secondary N) is 3. The molecule has 120 heavy (non-hydrogen) atoms. The van der Waals surface area contributed by atoms with Crippen molar-refractivity contribution in [3.63, 3.8) is 0 Å². The number of ketones is 5. The van der Waals surface area contributed by atoms with Gasteiger partial charge < -0.3 is 100 Å². The van der Waals surface area contributed by atoms with Crippen LogP contribution in [0.1, 0.15) is 135 Å². The van der Waals surface area contributed by atoms with Gasteiger partial charge in [-0.3, -0.25) is 38.4 Å². The molecule has 19 atom stereocenters. The molecule has 3 aliphatic heterocycles. The van der Waals surface area contributed by atoms with Crippen molar-refractivity contribution in [2.45, 2.75) is 203 Å². The Hall–Kier alpha value is -10.3. The van der Waals surface area contributed by atoms with Gasteiger partial charge in [0.1, 0.15) is 24.4 Å². The Labute approximate surface area is 704 Å². The van der Waals surface area contributed by atoms with Gasteiger partial charge >= 0.3 is 18.3 Å². The third-order valence-corrected chi connectivity index (χ3v) is 21.5. The van der Waals surface area contributed by atoms with Crippen molar-refractivity contribution in [1.82, 2.24) is 16.0 Å². The molecule has 0 fully saturated rings. The highest BCUT2D eigenvalue weighted by Gasteiger charge is 2.40. The zero-order valence-corrected chi connectivity index (χ0v) is 73.4. The summed E-state index contributed by atoms with van der Waals surface area (Å²) in [6.07, 6.45) is 15.8. The van der Waals surface area contributed by atoms with E-state index in [1.165, 1.54) is 54.6 Å². The molecule has 0 aromatic rings. The Morgan fingerprint density at radius 3 is 1.11 bits per heavy atom. The fourth-order valence-corrected chi connectivity index (χ4v) is 15.3. The molecule has 0 aromatic carbocycles. The number of carbonyl (C=O) groups excluding carboxylic acids is 11. The standard InChI is InChI=1S/C30H44N2O8.C30H42N2O8.C29H40N2O9/c2*1-16-12-21-25(34)22(15-23(33)28(21)39-8)32-29(35)18(3)11-9-10-17(2)26(40-30(31)36)19(4)14-20(5)27(38-7)24(13-16)37-6;1-15-11-19-25(34)20(14-21(32)27(19)39-7)31-28(35)16(2)9-8-10-22(37-5)26(40-29(30)36)18(4)13-17(3)24(33)23(12-15)38-6/h9-11,14-17,20,24-27,34H,12-13H2,1-8H3,(H2,31,36)(H,32,35);9-11,14-17,20,24,26-27H,12-13H2,1-8H3,(H2,31,36)(H,32,35);8-10,13-15,17,22-24,26,33H,11-12H2,1-7H3,(H2,30,36)(H,31,35)/b2*10-9-,18-11+,19-14+;10-8-,16-9+,18-13+/t16-,17+,20+,24+,25?,26-,27-;16-,17+,20+,24+,26-,27-;15-,17+,22+,23+,24-,26+/m111/s1. The quantitative estimate of drug-likeness (QED) is 0.0512. The molecule has 0 saturated carbocycles. The second kappa shape index (κ2) is 48.9. The molecule has 0 aromatic heterocycles. The second-order valence-electron chi connectivity index (χ2n) is 31.2. The van der Waals surface area contributed by atoms with Crippen LogP contribution in [0.3, 0.4) is 0 Å². The number of aliphatic hydroxyl groups is 2. The molecular weight excluding hydrogens is 1550 g/mol. The molecule has 6 aliphatic rings. The molecule has 662 valence electrons. The van der Waals surface area contributed by atoms with Crippen molar-refractivity contribution in [2.75, 3.05) is 64.0 Å². The van der Waals surface area contributed by atoms with E-state index in [4.69, 9.17) is 74.0 Å². The topological polar surface area (TPSA) is 453 Å². The monoisotopic (exact) mass is 1680 g/mol. The Balaban J connectivity index is 0.000000378. The SMILES string of the molecule is COC1=C2C[C@@H](C)C[C@H](OC)[C@H](O)[C@@H](C)/C=C(\C)[C@H](OC(N)=O)[C@@H](OC)/C=C\C=C(/C)C(=O)NC(=CC1=O)C2=O.COC1=C2C[C@@H](C)C[C@H](OC)[C@H](OC)[C@@H](C)/C=C(\C)[C@H](OC(N)=O)[C@@H](C)/C=C\C=C(/C)C(=O)NC(=CC1=O)C2=O.COC1=C2C[C@@H](C)C[C@H](OC)[C@H](OC)[C@@H](C)/C=C(\C)[C@H](OC(N)=O)[C@@H](C)/C=C\C=C(/C)C(=O)NC(=CC1=O)C2O. The predicted molar refractivity (Wildman–Crippen MR) is 447 cm³/mol. The number of Topliss-reactive ketones (excluding diaryl/α,β-unsaturated/α-hetero) is 2. The molecule has 11 N–H and O–H groups in total. The number of fused-ring (bicyclic) bond motifs is 6. The van der Waals surface area contributed by atoms with Gasteiger partial charge in [-0.1, -0.05) is 128 Å². The smallest absolute Gasteiger partial charge is 0.405 e. The lowest BCUT2D eigenvalue weighted by atomic mass is 9.84. The van der Waals surface area contributed by atoms with Gasteiger partial charge in [0.15, 0.2) is 23.4 Å². The third kappa shape index (κ3) is 29.0. The number of methoxy groups -OCH3 is 9. The van der Waals surface area contributed by atoms with Crippen LogP contribution in [0.2, 0.25) is 0 Å². The highest BCUT2D eigenvalue weighted by atomic mass is 16.6. The zero-order valence-electron chi connectivity index (χ0n) is 73.4. The first-order chi connectivity index (χ1) is 56.5. The fourth-order valence-electron chi connectivity index (χ4n) is 15.3. The summed E-state index contributed by atoms with van der Waals surface area (Å²) in [6, 6.07) is 0. The summed E-state index contributed by atoms with van der Waals surface area (Å²) in [5.41, 5.74) is 19.7. The van der Waals surface area contributed by atoms with E-state index in [1.807, 2.05) is 74.5 Å². The summed E-state index contributed by atoms with van der Waals surface area (Å²) >= 11 is 0. The molecule has 0 saturated heterocycles. The molecule has 31 heteroatoms. The van der Waals surface area contributed by atoms with Crippen molar-refractivity contribution in [3.8, 4) is 0 Å². The van der Waals surface area contributed by atoms with Crippen molar-refractivity contribution in [1.29, 1.82) is 0 Å². The third-order valence-electron chi connectivity index (χ3n) is 21.5. The van der Waals surface area contributed by atoms with Crippen LogP contribution < -0.4 is 33.2 Å². The lowest BCUT2D eigenvalue weighted by Crippen LogP contribution is -2.38. The zero-order chi connectivity index (χ0) is 90.4. The molecule has 6 bridgehead atoms. The number of amides is 6. The molecule has 3 aliphatic carbocycles. The van der Waals surface area contributed by atoms with Gasteiger partial charge in [-0.25, -0.2) is 14.4 Å². The van der Waals surface area contributed by atoms with Crippen LogP contribution in [0, 0.1) is 47.3 Å². The number of rotatable bonds is 12. The van der Waals surface area contributed by atoms with Crippen LogP contribution in [-0.4, -0.2) is 206 Å². The number of ether oxygens (including phenoxy) is 12. The summed E-state index contributed by atoms with van der Waals surface area (Å²) in [7, 11) is 13.4. The van der Waals surface area contributed by atoms with Gasteiger partial charge in [0.25, 0.3) is 17.7 Å².